The zero-order chi connectivity index (χ0) is 19.9. The molecular formula is C23H19N5O. The van der Waals surface area contributed by atoms with Crippen molar-refractivity contribution in [3.63, 3.8) is 0 Å². The van der Waals surface area contributed by atoms with Gasteiger partial charge in [-0.3, -0.25) is 0 Å². The van der Waals surface area contributed by atoms with Crippen LogP contribution in [0.5, 0.6) is 5.75 Å². The van der Waals surface area contributed by atoms with Crippen molar-refractivity contribution in [2.75, 3.05) is 5.32 Å². The van der Waals surface area contributed by atoms with Crippen LogP contribution in [0.15, 0.2) is 85.3 Å². The molecule has 6 heteroatoms. The van der Waals surface area contributed by atoms with Crippen LogP contribution >= 0.6 is 0 Å². The van der Waals surface area contributed by atoms with Crippen LogP contribution in [-0.2, 0) is 13.2 Å². The molecule has 6 nitrogen and oxygen atoms in total. The molecule has 0 fully saturated rings. The second-order valence-corrected chi connectivity index (χ2v) is 6.46. The number of ether oxygens (including phenoxy) is 1. The lowest BCUT2D eigenvalue weighted by atomic mass is 10.1. The van der Waals surface area contributed by atoms with Crippen LogP contribution in [-0.4, -0.2) is 14.8 Å². The maximum absolute atomic E-state index is 8.99. The summed E-state index contributed by atoms with van der Waals surface area (Å²) < 4.78 is 7.60. The van der Waals surface area contributed by atoms with E-state index < -0.39 is 0 Å². The summed E-state index contributed by atoms with van der Waals surface area (Å²) in [5, 5.41) is 16.5. The van der Waals surface area contributed by atoms with Gasteiger partial charge in [0.05, 0.1) is 23.5 Å². The average molecular weight is 381 g/mol. The van der Waals surface area contributed by atoms with Crippen LogP contribution in [0.2, 0.25) is 0 Å². The van der Waals surface area contributed by atoms with Crippen LogP contribution in [0, 0.1) is 11.3 Å². The molecule has 0 radical (unpaired) electrons. The van der Waals surface area contributed by atoms with Crippen LogP contribution in [0.4, 0.5) is 5.69 Å². The molecule has 4 aromatic rings. The van der Waals surface area contributed by atoms with Gasteiger partial charge < -0.3 is 10.1 Å². The molecule has 0 atom stereocenters. The molecule has 2 aromatic carbocycles. The minimum atomic E-state index is 0.422. The van der Waals surface area contributed by atoms with E-state index in [1.165, 1.54) is 0 Å². The summed E-state index contributed by atoms with van der Waals surface area (Å²) in [6.07, 6.45) is 5.38. The third-order valence-electron chi connectivity index (χ3n) is 4.34. The molecule has 4 rings (SSSR count). The third-order valence-corrected chi connectivity index (χ3v) is 4.34. The van der Waals surface area contributed by atoms with Crippen molar-refractivity contribution < 1.29 is 4.74 Å². The molecule has 0 spiro atoms. The van der Waals surface area contributed by atoms with Crippen molar-refractivity contribution in [2.24, 2.45) is 0 Å². The summed E-state index contributed by atoms with van der Waals surface area (Å²) in [6.45, 7) is 1.08. The number of nitrogens with one attached hydrogen (secondary N) is 1. The number of benzene rings is 2. The maximum atomic E-state index is 8.99. The lowest BCUT2D eigenvalue weighted by Crippen LogP contribution is -2.02. The van der Waals surface area contributed by atoms with E-state index in [0.29, 0.717) is 18.7 Å². The van der Waals surface area contributed by atoms with Gasteiger partial charge in [-0.1, -0.05) is 24.3 Å². The van der Waals surface area contributed by atoms with Gasteiger partial charge in [0.1, 0.15) is 12.4 Å². The number of pyridine rings is 1. The lowest BCUT2D eigenvalue weighted by molar-refractivity contribution is 0.306. The molecular weight excluding hydrogens is 362 g/mol. The van der Waals surface area contributed by atoms with Crippen molar-refractivity contribution in [3.05, 3.63) is 102 Å². The Labute approximate surface area is 169 Å². The van der Waals surface area contributed by atoms with E-state index in [4.69, 9.17) is 10.00 Å². The van der Waals surface area contributed by atoms with E-state index in [-0.39, 0.29) is 0 Å². The average Bonchev–Trinajstić information content (AvgIpc) is 3.32. The van der Waals surface area contributed by atoms with Gasteiger partial charge in [-0.2, -0.15) is 10.4 Å². The van der Waals surface area contributed by atoms with Gasteiger partial charge in [0, 0.05) is 18.9 Å². The van der Waals surface area contributed by atoms with Crippen LogP contribution in [0.25, 0.3) is 5.82 Å². The van der Waals surface area contributed by atoms with Gasteiger partial charge in [0.2, 0.25) is 0 Å². The summed E-state index contributed by atoms with van der Waals surface area (Å²) >= 11 is 0. The Balaban J connectivity index is 1.34. The minimum absolute atomic E-state index is 0.422. The first kappa shape index (κ1) is 18.3. The van der Waals surface area contributed by atoms with E-state index in [2.05, 4.69) is 21.5 Å². The fraction of sp³-hybridized carbons (Fsp3) is 0.0870. The van der Waals surface area contributed by atoms with E-state index >= 15 is 0 Å². The molecule has 0 saturated heterocycles. The first-order valence-corrected chi connectivity index (χ1v) is 9.21. The zero-order valence-electron chi connectivity index (χ0n) is 15.7. The number of aromatic nitrogens is 3. The molecule has 2 heterocycles. The SMILES string of the molecule is N#Cc1cccc(COc2cccc(CNc3ccc(-n4cccn4)nc3)c2)c1. The van der Waals surface area contributed by atoms with Crippen LogP contribution in [0.1, 0.15) is 16.7 Å². The van der Waals surface area contributed by atoms with Crippen molar-refractivity contribution in [2.45, 2.75) is 13.2 Å². The highest BCUT2D eigenvalue weighted by molar-refractivity contribution is 5.44. The third kappa shape index (κ3) is 4.79. The first-order chi connectivity index (χ1) is 14.3. The van der Waals surface area contributed by atoms with Gasteiger partial charge in [0.25, 0.3) is 0 Å². The molecule has 0 amide bonds. The summed E-state index contributed by atoms with van der Waals surface area (Å²) in [4.78, 5) is 4.42. The summed E-state index contributed by atoms with van der Waals surface area (Å²) in [7, 11) is 0. The largest absolute Gasteiger partial charge is 0.489 e. The van der Waals surface area contributed by atoms with Crippen molar-refractivity contribution in [3.8, 4) is 17.6 Å². The van der Waals surface area contributed by atoms with E-state index in [9.17, 15) is 0 Å². The lowest BCUT2D eigenvalue weighted by Gasteiger charge is -2.10. The van der Waals surface area contributed by atoms with Crippen LogP contribution < -0.4 is 10.1 Å². The second kappa shape index (κ2) is 8.72. The van der Waals surface area contributed by atoms with E-state index in [1.54, 1.807) is 23.1 Å². The summed E-state index contributed by atoms with van der Waals surface area (Å²) in [5.74, 6) is 1.57. The smallest absolute Gasteiger partial charge is 0.153 e. The molecule has 0 aliphatic heterocycles. The molecule has 0 unspecified atom stereocenters. The predicted molar refractivity (Wildman–Crippen MR) is 111 cm³/mol. The Bertz CT molecular complexity index is 1110. The Morgan fingerprint density at radius 3 is 2.69 bits per heavy atom. The van der Waals surface area contributed by atoms with Gasteiger partial charge >= 0.3 is 0 Å². The predicted octanol–water partition coefficient (Wildman–Crippen LogP) is 4.33. The Kier molecular flexibility index (Phi) is 5.49. The number of hydrogen-bond donors (Lipinski definition) is 1. The minimum Gasteiger partial charge on any atom is -0.489 e. The summed E-state index contributed by atoms with van der Waals surface area (Å²) in [6, 6.07) is 23.3. The monoisotopic (exact) mass is 381 g/mol. The highest BCUT2D eigenvalue weighted by atomic mass is 16.5. The number of anilines is 1. The molecule has 142 valence electrons. The van der Waals surface area contributed by atoms with Gasteiger partial charge in [0.15, 0.2) is 5.82 Å². The second-order valence-electron chi connectivity index (χ2n) is 6.46. The number of rotatable bonds is 7. The standard InChI is InChI=1S/C23H19N5O/c24-14-18-4-1-6-20(12-18)17-29-22-7-2-5-19(13-22)15-25-21-8-9-23(26-16-21)28-11-3-10-27-28/h1-13,16,25H,15,17H2. The van der Waals surface area contributed by atoms with Gasteiger partial charge in [-0.05, 0) is 53.6 Å². The molecule has 29 heavy (non-hydrogen) atoms. The van der Waals surface area contributed by atoms with Crippen molar-refractivity contribution in [1.82, 2.24) is 14.8 Å². The highest BCUT2D eigenvalue weighted by Gasteiger charge is 2.02. The molecule has 2 aromatic heterocycles. The Morgan fingerprint density at radius 1 is 1.00 bits per heavy atom. The first-order valence-electron chi connectivity index (χ1n) is 9.21. The molecule has 0 bridgehead atoms. The maximum Gasteiger partial charge on any atom is 0.153 e. The molecule has 1 N–H and O–H groups in total. The molecule has 0 aliphatic rings. The fourth-order valence-electron chi connectivity index (χ4n) is 2.88. The number of hydrogen-bond acceptors (Lipinski definition) is 5. The zero-order valence-corrected chi connectivity index (χ0v) is 15.7. The Morgan fingerprint density at radius 2 is 1.90 bits per heavy atom. The fourth-order valence-corrected chi connectivity index (χ4v) is 2.88. The molecule has 0 aliphatic carbocycles. The summed E-state index contributed by atoms with van der Waals surface area (Å²) in [5.41, 5.74) is 3.64. The topological polar surface area (TPSA) is 75.8 Å². The molecule has 0 saturated carbocycles. The van der Waals surface area contributed by atoms with E-state index in [0.717, 1.165) is 28.4 Å². The van der Waals surface area contributed by atoms with Crippen molar-refractivity contribution >= 4 is 5.69 Å². The van der Waals surface area contributed by atoms with Gasteiger partial charge in [-0.15, -0.1) is 0 Å². The normalized spacial score (nSPS) is 10.3. The van der Waals surface area contributed by atoms with Gasteiger partial charge in [-0.25, -0.2) is 9.67 Å². The van der Waals surface area contributed by atoms with Crippen molar-refractivity contribution in [1.29, 1.82) is 5.26 Å². The highest BCUT2D eigenvalue weighted by Crippen LogP contribution is 2.17. The quantitative estimate of drug-likeness (QED) is 0.516. The van der Waals surface area contributed by atoms with Crippen LogP contribution in [0.3, 0.4) is 0 Å². The Hall–Kier alpha value is -4.11. The van der Waals surface area contributed by atoms with E-state index in [1.807, 2.05) is 66.9 Å². The number of nitriles is 1. The number of nitrogens with zero attached hydrogens (tertiary/aromatic N) is 4.